The molecule has 0 aliphatic rings. The van der Waals surface area contributed by atoms with E-state index in [2.05, 4.69) is 4.98 Å². The molecule has 1 aromatic rings. The van der Waals surface area contributed by atoms with Crippen LogP contribution in [0.5, 0.6) is 0 Å². The lowest BCUT2D eigenvalue weighted by atomic mass is 10.6. The second-order valence-electron chi connectivity index (χ2n) is 1.69. The Morgan fingerprint density at radius 2 is 2.56 bits per heavy atom. The molecule has 0 aliphatic heterocycles. The lowest BCUT2D eigenvalue weighted by molar-refractivity contribution is 0.819. The third kappa shape index (κ3) is 1.60. The van der Waals surface area contributed by atoms with Gasteiger partial charge in [-0.25, -0.2) is 4.98 Å². The summed E-state index contributed by atoms with van der Waals surface area (Å²) in [6, 6.07) is 0. The summed E-state index contributed by atoms with van der Waals surface area (Å²) in [7, 11) is 0. The molecule has 3 nitrogen and oxygen atoms in total. The summed E-state index contributed by atoms with van der Waals surface area (Å²) in [5.74, 6) is 0. The van der Waals surface area contributed by atoms with Crippen LogP contribution in [0.2, 0.25) is 0 Å². The normalized spacial score (nSPS) is 10.7. The van der Waals surface area contributed by atoms with Crippen LogP contribution in [0.4, 0.5) is 0 Å². The van der Waals surface area contributed by atoms with Gasteiger partial charge in [-0.05, 0) is 12.3 Å². The number of imidazole rings is 1. The Balaban J connectivity index is 2.48. The van der Waals surface area contributed by atoms with Crippen molar-refractivity contribution in [3.63, 3.8) is 0 Å². The van der Waals surface area contributed by atoms with Crippen LogP contribution in [-0.4, -0.2) is 9.55 Å². The molecule has 0 saturated heterocycles. The van der Waals surface area contributed by atoms with Gasteiger partial charge in [-0.2, -0.15) is 0 Å². The molecule has 1 rings (SSSR count). The Labute approximate surface area is 53.8 Å². The third-order valence-electron chi connectivity index (χ3n) is 1.01. The van der Waals surface area contributed by atoms with Gasteiger partial charge in [0.05, 0.1) is 6.33 Å². The molecule has 1 heterocycles. The molecule has 9 heavy (non-hydrogen) atoms. The zero-order valence-electron chi connectivity index (χ0n) is 5.07. The van der Waals surface area contributed by atoms with Gasteiger partial charge < -0.3 is 10.3 Å². The van der Waals surface area contributed by atoms with Crippen LogP contribution in [0.1, 0.15) is 0 Å². The van der Waals surface area contributed by atoms with Crippen LogP contribution in [0, 0.1) is 0 Å². The van der Waals surface area contributed by atoms with Gasteiger partial charge in [0.1, 0.15) is 0 Å². The van der Waals surface area contributed by atoms with Crippen molar-refractivity contribution in [3.05, 3.63) is 31.0 Å². The third-order valence-corrected chi connectivity index (χ3v) is 1.01. The fraction of sp³-hybridized carbons (Fsp3) is 0.167. The fourth-order valence-corrected chi connectivity index (χ4v) is 0.577. The number of rotatable bonds is 2. The van der Waals surface area contributed by atoms with E-state index < -0.39 is 0 Å². The highest BCUT2D eigenvalue weighted by atomic mass is 15.0. The minimum absolute atomic E-state index is 0.802. The first-order valence-corrected chi connectivity index (χ1v) is 2.76. The molecule has 0 aliphatic carbocycles. The second kappa shape index (κ2) is 2.91. The molecular formula is C6H9N3. The summed E-state index contributed by atoms with van der Waals surface area (Å²) in [5, 5.41) is 0. The minimum atomic E-state index is 0.802. The predicted octanol–water partition coefficient (Wildman–Crippen LogP) is 0.356. The van der Waals surface area contributed by atoms with Crippen molar-refractivity contribution in [2.24, 2.45) is 5.73 Å². The van der Waals surface area contributed by atoms with E-state index in [1.165, 1.54) is 6.20 Å². The first-order valence-electron chi connectivity index (χ1n) is 2.76. The van der Waals surface area contributed by atoms with E-state index >= 15 is 0 Å². The summed E-state index contributed by atoms with van der Waals surface area (Å²) in [6.07, 6.45) is 8.77. The quantitative estimate of drug-likeness (QED) is 0.616. The number of allylic oxidation sites excluding steroid dienone is 1. The number of hydrogen-bond acceptors (Lipinski definition) is 2. The van der Waals surface area contributed by atoms with Gasteiger partial charge in [-0.15, -0.1) is 0 Å². The molecule has 2 N–H and O–H groups in total. The van der Waals surface area contributed by atoms with Crippen LogP contribution in [0.25, 0.3) is 0 Å². The monoisotopic (exact) mass is 123 g/mol. The minimum Gasteiger partial charge on any atom is -0.405 e. The van der Waals surface area contributed by atoms with Crippen molar-refractivity contribution in [1.29, 1.82) is 0 Å². The van der Waals surface area contributed by atoms with E-state index in [4.69, 9.17) is 5.73 Å². The van der Waals surface area contributed by atoms with Crippen LogP contribution in [0.15, 0.2) is 31.0 Å². The number of nitrogens with two attached hydrogens (primary N) is 1. The maximum absolute atomic E-state index is 5.13. The summed E-state index contributed by atoms with van der Waals surface area (Å²) in [6.45, 7) is 0.802. The Bertz CT molecular complexity index is 176. The molecule has 0 unspecified atom stereocenters. The van der Waals surface area contributed by atoms with Gasteiger partial charge in [0.15, 0.2) is 0 Å². The Hall–Kier alpha value is -1.25. The molecule has 0 bridgehead atoms. The van der Waals surface area contributed by atoms with Gasteiger partial charge in [0, 0.05) is 18.9 Å². The van der Waals surface area contributed by atoms with E-state index in [-0.39, 0.29) is 0 Å². The van der Waals surface area contributed by atoms with E-state index in [0.717, 1.165) is 6.54 Å². The molecule has 1 aromatic heterocycles. The van der Waals surface area contributed by atoms with Crippen molar-refractivity contribution in [2.75, 3.05) is 0 Å². The smallest absolute Gasteiger partial charge is 0.0948 e. The van der Waals surface area contributed by atoms with Crippen LogP contribution in [0.3, 0.4) is 0 Å². The van der Waals surface area contributed by atoms with Gasteiger partial charge >= 0.3 is 0 Å². The van der Waals surface area contributed by atoms with Crippen molar-refractivity contribution < 1.29 is 0 Å². The lowest BCUT2D eigenvalue weighted by Crippen LogP contribution is -1.90. The summed E-state index contributed by atoms with van der Waals surface area (Å²) >= 11 is 0. The standard InChI is InChI=1S/C6H9N3/c7-2-1-4-9-5-3-8-6-9/h1-3,5-6H,4,7H2. The highest BCUT2D eigenvalue weighted by Gasteiger charge is 1.80. The Kier molecular flexibility index (Phi) is 1.90. The van der Waals surface area contributed by atoms with Crippen molar-refractivity contribution in [2.45, 2.75) is 6.54 Å². The predicted molar refractivity (Wildman–Crippen MR) is 35.6 cm³/mol. The zero-order chi connectivity index (χ0) is 6.53. The molecule has 0 atom stereocenters. The maximum atomic E-state index is 5.13. The Morgan fingerprint density at radius 3 is 3.11 bits per heavy atom. The summed E-state index contributed by atoms with van der Waals surface area (Å²) < 4.78 is 1.93. The molecule has 3 heteroatoms. The van der Waals surface area contributed by atoms with Crippen LogP contribution in [-0.2, 0) is 6.54 Å². The van der Waals surface area contributed by atoms with Crippen molar-refractivity contribution in [3.8, 4) is 0 Å². The SMILES string of the molecule is NC=CCn1ccnc1. The highest BCUT2D eigenvalue weighted by molar-refractivity contribution is 4.81. The molecule has 0 spiro atoms. The molecule has 0 amide bonds. The van der Waals surface area contributed by atoms with Gasteiger partial charge in [-0.3, -0.25) is 0 Å². The van der Waals surface area contributed by atoms with Gasteiger partial charge in [0.25, 0.3) is 0 Å². The molecular weight excluding hydrogens is 114 g/mol. The van der Waals surface area contributed by atoms with E-state index in [9.17, 15) is 0 Å². The molecule has 48 valence electrons. The zero-order valence-corrected chi connectivity index (χ0v) is 5.07. The van der Waals surface area contributed by atoms with Crippen LogP contribution < -0.4 is 5.73 Å². The number of hydrogen-bond donors (Lipinski definition) is 1. The average molecular weight is 123 g/mol. The summed E-state index contributed by atoms with van der Waals surface area (Å²) in [5.41, 5.74) is 5.13. The largest absolute Gasteiger partial charge is 0.405 e. The summed E-state index contributed by atoms with van der Waals surface area (Å²) in [4.78, 5) is 3.86. The van der Waals surface area contributed by atoms with E-state index in [1.54, 1.807) is 12.5 Å². The molecule has 0 radical (unpaired) electrons. The molecule has 0 fully saturated rings. The molecule has 0 saturated carbocycles. The van der Waals surface area contributed by atoms with Gasteiger partial charge in [-0.1, -0.05) is 0 Å². The maximum Gasteiger partial charge on any atom is 0.0948 e. The average Bonchev–Trinajstić information content (AvgIpc) is 2.34. The second-order valence-corrected chi connectivity index (χ2v) is 1.69. The van der Waals surface area contributed by atoms with Crippen molar-refractivity contribution >= 4 is 0 Å². The molecule has 0 aromatic carbocycles. The van der Waals surface area contributed by atoms with E-state index in [1.807, 2.05) is 16.8 Å². The first-order chi connectivity index (χ1) is 4.43. The van der Waals surface area contributed by atoms with Crippen LogP contribution >= 0.6 is 0 Å². The highest BCUT2D eigenvalue weighted by Crippen LogP contribution is 1.84. The fourth-order valence-electron chi connectivity index (χ4n) is 0.577. The lowest BCUT2D eigenvalue weighted by Gasteiger charge is -1.91. The number of aromatic nitrogens is 2. The van der Waals surface area contributed by atoms with Crippen molar-refractivity contribution in [1.82, 2.24) is 9.55 Å². The van der Waals surface area contributed by atoms with E-state index in [0.29, 0.717) is 0 Å². The van der Waals surface area contributed by atoms with Gasteiger partial charge in [0.2, 0.25) is 0 Å². The first kappa shape index (κ1) is 5.88. The number of nitrogens with zero attached hydrogens (tertiary/aromatic N) is 2. The Morgan fingerprint density at radius 1 is 1.67 bits per heavy atom. The topological polar surface area (TPSA) is 43.8 Å².